The second-order valence-electron chi connectivity index (χ2n) is 3.13. The molecule has 1 atom stereocenters. The van der Waals surface area contributed by atoms with Gasteiger partial charge in [-0.25, -0.2) is 4.39 Å². The molecule has 0 heterocycles. The van der Waals surface area contributed by atoms with E-state index < -0.39 is 23.6 Å². The minimum absolute atomic E-state index is 0. The molecule has 16 heavy (non-hydrogen) atoms. The summed E-state index contributed by atoms with van der Waals surface area (Å²) in [5, 5.41) is 9.43. The molecule has 1 aromatic rings. The van der Waals surface area contributed by atoms with Crippen LogP contribution in [-0.4, -0.2) is 18.2 Å². The molecule has 0 fully saturated rings. The predicted molar refractivity (Wildman–Crippen MR) is 59.0 cm³/mol. The standard InChI is InChI=1S/C10H12FNO3.ClH/c1-5-3-4-6(11)9(13)7(5)8(12)10(14)15-2;/h3-4,8,13H,12H2,1-2H3;1H/t8-;/m1./s1. The van der Waals surface area contributed by atoms with Crippen LogP contribution in [0.3, 0.4) is 0 Å². The molecule has 0 saturated heterocycles. The molecule has 0 unspecified atom stereocenters. The Balaban J connectivity index is 0.00000225. The van der Waals surface area contributed by atoms with Crippen molar-refractivity contribution < 1.29 is 19.0 Å². The number of benzene rings is 1. The second kappa shape index (κ2) is 5.67. The summed E-state index contributed by atoms with van der Waals surface area (Å²) in [6, 6.07) is 1.37. The van der Waals surface area contributed by atoms with E-state index in [0.29, 0.717) is 5.56 Å². The molecule has 0 aliphatic carbocycles. The Morgan fingerprint density at radius 3 is 2.62 bits per heavy atom. The molecule has 1 aromatic carbocycles. The number of nitrogens with two attached hydrogens (primary N) is 1. The molecule has 0 spiro atoms. The quantitative estimate of drug-likeness (QED) is 0.778. The number of aromatic hydroxyl groups is 1. The number of rotatable bonds is 2. The van der Waals surface area contributed by atoms with Crippen molar-refractivity contribution in [1.82, 2.24) is 0 Å². The smallest absolute Gasteiger partial charge is 0.327 e. The van der Waals surface area contributed by atoms with Gasteiger partial charge in [0.1, 0.15) is 6.04 Å². The maximum absolute atomic E-state index is 13.0. The zero-order chi connectivity index (χ0) is 11.6. The van der Waals surface area contributed by atoms with E-state index in [-0.39, 0.29) is 18.0 Å². The molecular formula is C10H13ClFNO3. The zero-order valence-corrected chi connectivity index (χ0v) is 9.68. The Kier molecular flexibility index (Phi) is 5.20. The maximum atomic E-state index is 13.0. The average Bonchev–Trinajstić information content (AvgIpc) is 2.22. The van der Waals surface area contributed by atoms with Crippen LogP contribution in [0.5, 0.6) is 5.75 Å². The van der Waals surface area contributed by atoms with Crippen LogP contribution in [0.15, 0.2) is 12.1 Å². The number of phenolic OH excluding ortho intramolecular Hbond substituents is 1. The highest BCUT2D eigenvalue weighted by molar-refractivity contribution is 5.85. The van der Waals surface area contributed by atoms with Gasteiger partial charge in [0.15, 0.2) is 11.6 Å². The van der Waals surface area contributed by atoms with E-state index >= 15 is 0 Å². The van der Waals surface area contributed by atoms with Crippen LogP contribution < -0.4 is 5.73 Å². The Morgan fingerprint density at radius 1 is 1.56 bits per heavy atom. The van der Waals surface area contributed by atoms with Crippen molar-refractivity contribution >= 4 is 18.4 Å². The van der Waals surface area contributed by atoms with Gasteiger partial charge in [0.2, 0.25) is 0 Å². The summed E-state index contributed by atoms with van der Waals surface area (Å²) in [4.78, 5) is 11.1. The zero-order valence-electron chi connectivity index (χ0n) is 8.86. The van der Waals surface area contributed by atoms with Crippen LogP contribution >= 0.6 is 12.4 Å². The summed E-state index contributed by atoms with van der Waals surface area (Å²) in [6.45, 7) is 1.62. The highest BCUT2D eigenvalue weighted by Gasteiger charge is 2.23. The number of hydrogen-bond donors (Lipinski definition) is 2. The number of carbonyl (C=O) groups is 1. The fourth-order valence-electron chi connectivity index (χ4n) is 1.32. The first-order valence-corrected chi connectivity index (χ1v) is 4.30. The summed E-state index contributed by atoms with van der Waals surface area (Å²) in [6.07, 6.45) is 0. The highest BCUT2D eigenvalue weighted by Crippen LogP contribution is 2.29. The number of halogens is 2. The summed E-state index contributed by atoms with van der Waals surface area (Å²) >= 11 is 0. The third kappa shape index (κ3) is 2.62. The summed E-state index contributed by atoms with van der Waals surface area (Å²) < 4.78 is 17.4. The van der Waals surface area contributed by atoms with E-state index in [4.69, 9.17) is 5.73 Å². The van der Waals surface area contributed by atoms with Gasteiger partial charge in [-0.15, -0.1) is 12.4 Å². The van der Waals surface area contributed by atoms with Gasteiger partial charge in [0, 0.05) is 5.56 Å². The summed E-state index contributed by atoms with van der Waals surface area (Å²) in [5.74, 6) is -2.14. The van der Waals surface area contributed by atoms with Crippen LogP contribution in [0.1, 0.15) is 17.2 Å². The molecule has 6 heteroatoms. The molecule has 3 N–H and O–H groups in total. The van der Waals surface area contributed by atoms with Crippen molar-refractivity contribution in [3.05, 3.63) is 29.1 Å². The van der Waals surface area contributed by atoms with E-state index in [0.717, 1.165) is 6.07 Å². The molecular weight excluding hydrogens is 237 g/mol. The molecule has 4 nitrogen and oxygen atoms in total. The van der Waals surface area contributed by atoms with Crippen LogP contribution in [0, 0.1) is 12.7 Å². The first kappa shape index (κ1) is 14.7. The summed E-state index contributed by atoms with van der Waals surface area (Å²) in [5.41, 5.74) is 6.11. The lowest BCUT2D eigenvalue weighted by atomic mass is 10.0. The van der Waals surface area contributed by atoms with Crippen LogP contribution in [0.4, 0.5) is 4.39 Å². The number of esters is 1. The topological polar surface area (TPSA) is 72.5 Å². The van der Waals surface area contributed by atoms with E-state index in [2.05, 4.69) is 4.74 Å². The number of carbonyl (C=O) groups excluding carboxylic acids is 1. The fraction of sp³-hybridized carbons (Fsp3) is 0.300. The van der Waals surface area contributed by atoms with Gasteiger partial charge in [0.05, 0.1) is 7.11 Å². The van der Waals surface area contributed by atoms with E-state index in [9.17, 15) is 14.3 Å². The summed E-state index contributed by atoms with van der Waals surface area (Å²) in [7, 11) is 1.17. The molecule has 0 aliphatic heterocycles. The van der Waals surface area contributed by atoms with Gasteiger partial charge in [-0.3, -0.25) is 4.79 Å². The third-order valence-corrected chi connectivity index (χ3v) is 2.15. The number of hydrogen-bond acceptors (Lipinski definition) is 4. The van der Waals surface area contributed by atoms with Gasteiger partial charge in [0.25, 0.3) is 0 Å². The van der Waals surface area contributed by atoms with Crippen molar-refractivity contribution in [3.63, 3.8) is 0 Å². The Morgan fingerprint density at radius 2 is 2.12 bits per heavy atom. The minimum Gasteiger partial charge on any atom is -0.505 e. The SMILES string of the molecule is COC(=O)[C@H](N)c1c(C)ccc(F)c1O.Cl. The second-order valence-corrected chi connectivity index (χ2v) is 3.13. The fourth-order valence-corrected chi connectivity index (χ4v) is 1.32. The maximum Gasteiger partial charge on any atom is 0.327 e. The Bertz CT molecular complexity index is 398. The normalized spacial score (nSPS) is 11.5. The molecule has 0 radical (unpaired) electrons. The van der Waals surface area contributed by atoms with E-state index in [1.165, 1.54) is 13.2 Å². The molecule has 0 amide bonds. The van der Waals surface area contributed by atoms with Gasteiger partial charge >= 0.3 is 5.97 Å². The molecule has 0 bridgehead atoms. The molecule has 0 saturated carbocycles. The molecule has 0 aromatic heterocycles. The predicted octanol–water partition coefficient (Wildman–Crippen LogP) is 1.43. The lowest BCUT2D eigenvalue weighted by molar-refractivity contribution is -0.142. The van der Waals surface area contributed by atoms with Crippen LogP contribution in [0.25, 0.3) is 0 Å². The monoisotopic (exact) mass is 249 g/mol. The van der Waals surface area contributed by atoms with Gasteiger partial charge in [-0.2, -0.15) is 0 Å². The van der Waals surface area contributed by atoms with Crippen molar-refractivity contribution in [1.29, 1.82) is 0 Å². The molecule has 0 aliphatic rings. The minimum atomic E-state index is -1.18. The van der Waals surface area contributed by atoms with Gasteiger partial charge < -0.3 is 15.6 Å². The number of methoxy groups -OCH3 is 1. The number of phenols is 1. The largest absolute Gasteiger partial charge is 0.505 e. The number of aryl methyl sites for hydroxylation is 1. The molecule has 90 valence electrons. The number of ether oxygens (including phenoxy) is 1. The molecule has 1 rings (SSSR count). The highest BCUT2D eigenvalue weighted by atomic mass is 35.5. The van der Waals surface area contributed by atoms with Crippen LogP contribution in [0.2, 0.25) is 0 Å². The van der Waals surface area contributed by atoms with Gasteiger partial charge in [-0.1, -0.05) is 6.07 Å². The third-order valence-electron chi connectivity index (χ3n) is 2.15. The van der Waals surface area contributed by atoms with Crippen molar-refractivity contribution in [2.75, 3.05) is 7.11 Å². The lowest BCUT2D eigenvalue weighted by Crippen LogP contribution is -2.23. The van der Waals surface area contributed by atoms with Crippen molar-refractivity contribution in [2.24, 2.45) is 5.73 Å². The van der Waals surface area contributed by atoms with Gasteiger partial charge in [-0.05, 0) is 18.6 Å². The first-order chi connectivity index (χ1) is 6.99. The Hall–Kier alpha value is -1.33. The van der Waals surface area contributed by atoms with Crippen LogP contribution in [-0.2, 0) is 9.53 Å². The Labute approximate surface area is 98.6 Å². The lowest BCUT2D eigenvalue weighted by Gasteiger charge is -2.14. The first-order valence-electron chi connectivity index (χ1n) is 4.30. The average molecular weight is 250 g/mol. The van der Waals surface area contributed by atoms with E-state index in [1.807, 2.05) is 0 Å². The van der Waals surface area contributed by atoms with E-state index in [1.54, 1.807) is 6.92 Å². The van der Waals surface area contributed by atoms with Crippen molar-refractivity contribution in [2.45, 2.75) is 13.0 Å². The van der Waals surface area contributed by atoms with Crippen molar-refractivity contribution in [3.8, 4) is 5.75 Å².